The molecule has 0 unspecified atom stereocenters. The number of hydrogen-bond donors (Lipinski definition) is 1. The molecule has 0 heterocycles. The molecule has 0 saturated heterocycles. The van der Waals surface area contributed by atoms with E-state index >= 15 is 0 Å². The lowest BCUT2D eigenvalue weighted by atomic mass is 10.1. The van der Waals surface area contributed by atoms with Crippen LogP contribution in [0.4, 0.5) is 4.39 Å². The number of thiocarbonyl (C=S) groups is 1. The highest BCUT2D eigenvalue weighted by atomic mass is 32.1. The summed E-state index contributed by atoms with van der Waals surface area (Å²) in [5.41, 5.74) is 7.12. The molecule has 2 fully saturated rings. The smallest absolute Gasteiger partial charge is 0.127 e. The highest BCUT2D eigenvalue weighted by molar-refractivity contribution is 7.80. The molecular formula is C16H21FN2S. The first kappa shape index (κ1) is 14.0. The fraction of sp³-hybridized carbons (Fsp3) is 0.562. The topological polar surface area (TPSA) is 29.3 Å². The summed E-state index contributed by atoms with van der Waals surface area (Å²) in [5.74, 6) is 1.51. The standard InChI is InChI=1S/C16H21FN2S/c17-15-6-5-13(16(18)20)7-14(15)10-19(8-11-1-2-11)9-12-3-4-12/h5-7,11-12H,1-4,8-10H2,(H2,18,20). The molecular weight excluding hydrogens is 271 g/mol. The molecule has 2 aliphatic rings. The second-order valence-electron chi connectivity index (χ2n) is 6.25. The second kappa shape index (κ2) is 5.78. The van der Waals surface area contributed by atoms with Crippen molar-refractivity contribution < 1.29 is 4.39 Å². The van der Waals surface area contributed by atoms with Crippen LogP contribution in [0.3, 0.4) is 0 Å². The average Bonchev–Trinajstić information content (AvgIpc) is 3.27. The Kier molecular flexibility index (Phi) is 4.03. The lowest BCUT2D eigenvalue weighted by molar-refractivity contribution is 0.241. The van der Waals surface area contributed by atoms with Crippen LogP contribution in [0, 0.1) is 17.7 Å². The third-order valence-corrected chi connectivity index (χ3v) is 4.39. The predicted molar refractivity (Wildman–Crippen MR) is 83.0 cm³/mol. The first-order valence-corrected chi connectivity index (χ1v) is 7.83. The maximum atomic E-state index is 14.0. The number of halogens is 1. The highest BCUT2D eigenvalue weighted by Crippen LogP contribution is 2.34. The minimum atomic E-state index is -0.151. The van der Waals surface area contributed by atoms with Gasteiger partial charge in [-0.2, -0.15) is 0 Å². The van der Waals surface area contributed by atoms with Crippen LogP contribution in [-0.2, 0) is 6.54 Å². The summed E-state index contributed by atoms with van der Waals surface area (Å²) in [4.78, 5) is 2.75. The molecule has 0 spiro atoms. The van der Waals surface area contributed by atoms with Gasteiger partial charge in [0.1, 0.15) is 10.8 Å². The van der Waals surface area contributed by atoms with Gasteiger partial charge in [0, 0.05) is 30.8 Å². The van der Waals surface area contributed by atoms with Crippen molar-refractivity contribution in [3.8, 4) is 0 Å². The number of nitrogens with zero attached hydrogens (tertiary/aromatic N) is 1. The molecule has 2 saturated carbocycles. The molecule has 0 radical (unpaired) electrons. The van der Waals surface area contributed by atoms with E-state index in [4.69, 9.17) is 18.0 Å². The summed E-state index contributed by atoms with van der Waals surface area (Å²) in [6, 6.07) is 4.95. The zero-order valence-corrected chi connectivity index (χ0v) is 12.5. The van der Waals surface area contributed by atoms with Crippen molar-refractivity contribution in [1.29, 1.82) is 0 Å². The van der Waals surface area contributed by atoms with E-state index in [-0.39, 0.29) is 5.82 Å². The van der Waals surface area contributed by atoms with Gasteiger partial charge in [-0.3, -0.25) is 4.90 Å². The third kappa shape index (κ3) is 3.76. The first-order valence-electron chi connectivity index (χ1n) is 7.42. The Morgan fingerprint density at radius 1 is 1.20 bits per heavy atom. The molecule has 0 bridgehead atoms. The summed E-state index contributed by atoms with van der Waals surface area (Å²) in [6.07, 6.45) is 5.32. The van der Waals surface area contributed by atoms with Gasteiger partial charge in [-0.1, -0.05) is 12.2 Å². The second-order valence-corrected chi connectivity index (χ2v) is 6.69. The van der Waals surface area contributed by atoms with Gasteiger partial charge in [0.2, 0.25) is 0 Å². The molecule has 108 valence electrons. The molecule has 3 rings (SSSR count). The van der Waals surface area contributed by atoms with Crippen molar-refractivity contribution in [2.75, 3.05) is 13.1 Å². The van der Waals surface area contributed by atoms with Crippen LogP contribution < -0.4 is 5.73 Å². The molecule has 2 aliphatic carbocycles. The Hall–Kier alpha value is -1.00. The monoisotopic (exact) mass is 292 g/mol. The van der Waals surface area contributed by atoms with Crippen molar-refractivity contribution in [3.05, 3.63) is 35.1 Å². The molecule has 2 nitrogen and oxygen atoms in total. The minimum absolute atomic E-state index is 0.151. The van der Waals surface area contributed by atoms with Crippen LogP contribution in [-0.4, -0.2) is 23.0 Å². The summed E-state index contributed by atoms with van der Waals surface area (Å²) < 4.78 is 14.0. The van der Waals surface area contributed by atoms with Gasteiger partial charge in [-0.25, -0.2) is 4.39 Å². The minimum Gasteiger partial charge on any atom is -0.389 e. The molecule has 0 amide bonds. The largest absolute Gasteiger partial charge is 0.389 e. The molecule has 0 atom stereocenters. The third-order valence-electron chi connectivity index (χ3n) is 4.15. The zero-order chi connectivity index (χ0) is 14.1. The molecule has 1 aromatic rings. The van der Waals surface area contributed by atoms with Crippen LogP contribution in [0.25, 0.3) is 0 Å². The van der Waals surface area contributed by atoms with Gasteiger partial charge in [-0.15, -0.1) is 0 Å². The van der Waals surface area contributed by atoms with Crippen LogP contribution in [0.2, 0.25) is 0 Å². The SMILES string of the molecule is NC(=S)c1ccc(F)c(CN(CC2CC2)CC2CC2)c1. The van der Waals surface area contributed by atoms with Gasteiger partial charge in [0.25, 0.3) is 0 Å². The van der Waals surface area contributed by atoms with Crippen molar-refractivity contribution in [2.45, 2.75) is 32.2 Å². The Morgan fingerprint density at radius 3 is 2.30 bits per heavy atom. The van der Waals surface area contributed by atoms with E-state index < -0.39 is 0 Å². The Labute approximate surface area is 125 Å². The first-order chi connectivity index (χ1) is 9.61. The lowest BCUT2D eigenvalue weighted by Crippen LogP contribution is -2.28. The van der Waals surface area contributed by atoms with Crippen molar-refractivity contribution in [3.63, 3.8) is 0 Å². The van der Waals surface area contributed by atoms with Gasteiger partial charge in [0.15, 0.2) is 0 Å². The molecule has 20 heavy (non-hydrogen) atoms. The number of nitrogens with two attached hydrogens (primary N) is 1. The van der Waals surface area contributed by atoms with Gasteiger partial charge in [-0.05, 0) is 55.7 Å². The molecule has 4 heteroatoms. The Balaban J connectivity index is 1.71. The van der Waals surface area contributed by atoms with Crippen LogP contribution in [0.1, 0.15) is 36.8 Å². The van der Waals surface area contributed by atoms with Crippen LogP contribution in [0.5, 0.6) is 0 Å². The Morgan fingerprint density at radius 2 is 1.80 bits per heavy atom. The van der Waals surface area contributed by atoms with Crippen LogP contribution >= 0.6 is 12.2 Å². The fourth-order valence-electron chi connectivity index (χ4n) is 2.62. The summed E-state index contributed by atoms with van der Waals surface area (Å²) >= 11 is 4.98. The average molecular weight is 292 g/mol. The quantitative estimate of drug-likeness (QED) is 0.783. The normalized spacial score (nSPS) is 18.5. The summed E-state index contributed by atoms with van der Waals surface area (Å²) in [6.45, 7) is 2.88. The van der Waals surface area contributed by atoms with Gasteiger partial charge < -0.3 is 5.73 Å². The Bertz CT molecular complexity index is 495. The fourth-order valence-corrected chi connectivity index (χ4v) is 2.75. The maximum Gasteiger partial charge on any atom is 0.127 e. The van der Waals surface area contributed by atoms with Crippen LogP contribution in [0.15, 0.2) is 18.2 Å². The lowest BCUT2D eigenvalue weighted by Gasteiger charge is -2.22. The van der Waals surface area contributed by atoms with Gasteiger partial charge >= 0.3 is 0 Å². The van der Waals surface area contributed by atoms with E-state index in [1.165, 1.54) is 31.7 Å². The number of benzene rings is 1. The van der Waals surface area contributed by atoms with E-state index in [0.717, 1.165) is 36.1 Å². The van der Waals surface area contributed by atoms with E-state index in [1.54, 1.807) is 6.07 Å². The van der Waals surface area contributed by atoms with Crippen molar-refractivity contribution >= 4 is 17.2 Å². The van der Waals surface area contributed by atoms with E-state index in [9.17, 15) is 4.39 Å². The number of hydrogen-bond acceptors (Lipinski definition) is 2. The summed E-state index contributed by atoms with van der Waals surface area (Å²) in [5, 5.41) is 0. The summed E-state index contributed by atoms with van der Waals surface area (Å²) in [7, 11) is 0. The van der Waals surface area contributed by atoms with Crippen molar-refractivity contribution in [2.24, 2.45) is 17.6 Å². The number of rotatable bonds is 7. The zero-order valence-electron chi connectivity index (χ0n) is 11.6. The van der Waals surface area contributed by atoms with E-state index in [0.29, 0.717) is 11.5 Å². The molecule has 2 N–H and O–H groups in total. The molecule has 0 aliphatic heterocycles. The van der Waals surface area contributed by atoms with E-state index in [1.807, 2.05) is 6.07 Å². The maximum absolute atomic E-state index is 14.0. The predicted octanol–water partition coefficient (Wildman–Crippen LogP) is 3.08. The van der Waals surface area contributed by atoms with Crippen molar-refractivity contribution in [1.82, 2.24) is 4.90 Å². The van der Waals surface area contributed by atoms with Gasteiger partial charge in [0.05, 0.1) is 0 Å². The highest BCUT2D eigenvalue weighted by Gasteiger charge is 2.29. The molecule has 1 aromatic carbocycles. The van der Waals surface area contributed by atoms with E-state index in [2.05, 4.69) is 4.90 Å². The molecule has 0 aromatic heterocycles.